The molecule has 0 N–H and O–H groups in total. The molecule has 51 heavy (non-hydrogen) atoms. The molecule has 0 aliphatic carbocycles. The number of hydrogen-bond acceptors (Lipinski definition) is 10. The maximum atomic E-state index is 8.88. The Morgan fingerprint density at radius 3 is 1.80 bits per heavy atom. The molecule has 20 heteroatoms. The first kappa shape index (κ1) is 42.7. The predicted molar refractivity (Wildman–Crippen MR) is 227 cm³/mol. The summed E-state index contributed by atoms with van der Waals surface area (Å²) < 4.78 is 22.8. The zero-order valence-electron chi connectivity index (χ0n) is 28.8. The Bertz CT molecular complexity index is 1830. The normalized spacial score (nSPS) is 14.7. The van der Waals surface area contributed by atoms with Crippen molar-refractivity contribution in [1.82, 2.24) is 14.3 Å². The molecule has 0 aliphatic heterocycles. The molecule has 0 spiro atoms. The van der Waals surface area contributed by atoms with Crippen LogP contribution in [0.2, 0.25) is 0 Å². The smallest absolute Gasteiger partial charge is 0.222 e. The third-order valence-electron chi connectivity index (χ3n) is 6.87. The maximum Gasteiger partial charge on any atom is 0.222 e. The SMILES string of the molecule is CCCC(C)(N=[N+]=[N-])Oc1ccc(/C=N/N(C)[PH](=S)Oc2ccc(/C=N/N(C)[PH](=S)C(C)Oc3ccc(/C=N/N(C)P(=S)(Cl)Cl)cc3)cc2)cc1. The van der Waals surface area contributed by atoms with Crippen molar-refractivity contribution < 1.29 is 14.0 Å². The fourth-order valence-electron chi connectivity index (χ4n) is 4.12. The lowest BCUT2D eigenvalue weighted by atomic mass is 10.1. The summed E-state index contributed by atoms with van der Waals surface area (Å²) >= 11 is 28.4. The fourth-order valence-corrected chi connectivity index (χ4v) is 6.92. The van der Waals surface area contributed by atoms with E-state index in [4.69, 9.17) is 77.4 Å². The van der Waals surface area contributed by atoms with Gasteiger partial charge < -0.3 is 14.0 Å². The average molecular weight is 847 g/mol. The lowest BCUT2D eigenvalue weighted by Crippen LogP contribution is -2.28. The first-order valence-corrected chi connectivity index (χ1v) is 25.1. The van der Waals surface area contributed by atoms with Crippen LogP contribution in [0.3, 0.4) is 0 Å². The molecule has 0 heterocycles. The molecule has 4 atom stereocenters. The summed E-state index contributed by atoms with van der Waals surface area (Å²) in [6.07, 6.45) is 6.50. The lowest BCUT2D eigenvalue weighted by Gasteiger charge is -2.25. The van der Waals surface area contributed by atoms with Crippen LogP contribution in [-0.2, 0) is 35.4 Å². The second-order valence-electron chi connectivity index (χ2n) is 11.1. The van der Waals surface area contributed by atoms with Gasteiger partial charge in [-0.25, -0.2) is 9.56 Å². The largest absolute Gasteiger partial charge is 0.484 e. The van der Waals surface area contributed by atoms with Crippen LogP contribution < -0.4 is 14.0 Å². The minimum atomic E-state index is -2.66. The number of benzene rings is 3. The van der Waals surface area contributed by atoms with E-state index >= 15 is 0 Å². The van der Waals surface area contributed by atoms with Crippen LogP contribution in [0.25, 0.3) is 10.4 Å². The Labute approximate surface area is 325 Å². The predicted octanol–water partition coefficient (Wildman–Crippen LogP) is 9.99. The first-order chi connectivity index (χ1) is 24.1. The quantitative estimate of drug-likeness (QED) is 0.0290. The topological polar surface area (TPSA) is 123 Å². The van der Waals surface area contributed by atoms with Gasteiger partial charge in [0.2, 0.25) is 12.0 Å². The highest BCUT2D eigenvalue weighted by Gasteiger charge is 2.23. The monoisotopic (exact) mass is 845 g/mol. The van der Waals surface area contributed by atoms with Crippen LogP contribution in [-0.4, -0.2) is 65.7 Å². The fraction of sp³-hybridized carbons (Fsp3) is 0.323. The van der Waals surface area contributed by atoms with Crippen LogP contribution in [0.1, 0.15) is 50.3 Å². The summed E-state index contributed by atoms with van der Waals surface area (Å²) in [5.74, 6) is 1.69. The zero-order chi connectivity index (χ0) is 37.6. The highest BCUT2D eigenvalue weighted by molar-refractivity contribution is 8.37. The van der Waals surface area contributed by atoms with Crippen molar-refractivity contribution in [3.63, 3.8) is 0 Å². The van der Waals surface area contributed by atoms with Crippen molar-refractivity contribution in [2.45, 2.75) is 45.2 Å². The molecule has 3 aromatic rings. The Hall–Kier alpha value is -2.69. The van der Waals surface area contributed by atoms with E-state index in [1.54, 1.807) is 49.2 Å². The van der Waals surface area contributed by atoms with E-state index in [1.165, 1.54) is 4.78 Å². The van der Waals surface area contributed by atoms with Gasteiger partial charge in [-0.2, -0.15) is 15.3 Å². The molecule has 0 radical (unpaired) electrons. The van der Waals surface area contributed by atoms with Crippen LogP contribution in [0.4, 0.5) is 0 Å². The van der Waals surface area contributed by atoms with Crippen molar-refractivity contribution in [1.29, 1.82) is 0 Å². The second-order valence-corrected chi connectivity index (χ2v) is 24.6. The number of azide groups is 1. The third kappa shape index (κ3) is 14.7. The molecule has 274 valence electrons. The minimum Gasteiger partial charge on any atom is -0.484 e. The molecule has 4 unspecified atom stereocenters. The summed E-state index contributed by atoms with van der Waals surface area (Å²) in [6.45, 7) is 4.14. The second kappa shape index (κ2) is 20.5. The van der Waals surface area contributed by atoms with Gasteiger partial charge in [-0.3, -0.25) is 4.78 Å². The Kier molecular flexibility index (Phi) is 17.2. The third-order valence-corrected chi connectivity index (χ3v) is 15.1. The molecular weight excluding hydrogens is 806 g/mol. The van der Waals surface area contributed by atoms with Gasteiger partial charge in [0.05, 0.1) is 25.5 Å². The highest BCUT2D eigenvalue weighted by Crippen LogP contribution is 2.59. The summed E-state index contributed by atoms with van der Waals surface area (Å²) in [5.41, 5.74) is 10.5. The molecule has 3 rings (SSSR count). The van der Waals surface area contributed by atoms with Crippen LogP contribution in [0.15, 0.2) is 93.2 Å². The van der Waals surface area contributed by atoms with E-state index in [-0.39, 0.29) is 5.85 Å². The average Bonchev–Trinajstić information content (AvgIpc) is 3.09. The number of nitrogens with zero attached hydrogens (tertiary/aromatic N) is 9. The molecule has 0 aliphatic rings. The van der Waals surface area contributed by atoms with Crippen molar-refractivity contribution in [2.24, 2.45) is 20.4 Å². The molecule has 0 saturated carbocycles. The van der Waals surface area contributed by atoms with Gasteiger partial charge in [0, 0.05) is 26.1 Å². The Balaban J connectivity index is 1.48. The van der Waals surface area contributed by atoms with Crippen LogP contribution in [0, 0.1) is 0 Å². The molecule has 12 nitrogen and oxygen atoms in total. The number of hydrazone groups is 3. The lowest BCUT2D eigenvalue weighted by molar-refractivity contribution is 0.0857. The molecule has 0 bridgehead atoms. The Morgan fingerprint density at radius 2 is 1.31 bits per heavy atom. The summed E-state index contributed by atoms with van der Waals surface area (Å²) in [5, 5.41) is 17.0. The molecular formula is C31H40Cl2N9O3P3S3. The number of hydrogen-bond donors (Lipinski definition) is 0. The van der Waals surface area contributed by atoms with Gasteiger partial charge >= 0.3 is 0 Å². The van der Waals surface area contributed by atoms with Crippen LogP contribution >= 0.6 is 41.3 Å². The Morgan fingerprint density at radius 1 is 0.843 bits per heavy atom. The molecule has 0 fully saturated rings. The van der Waals surface area contributed by atoms with E-state index in [2.05, 4.69) is 25.3 Å². The summed E-state index contributed by atoms with van der Waals surface area (Å²) in [6, 6.07) is 22.3. The van der Waals surface area contributed by atoms with Gasteiger partial charge in [0.1, 0.15) is 23.1 Å². The van der Waals surface area contributed by atoms with Crippen molar-refractivity contribution in [2.75, 3.05) is 21.1 Å². The summed E-state index contributed by atoms with van der Waals surface area (Å²) in [7, 11) is 3.40. The molecule has 0 amide bonds. The number of rotatable bonds is 19. The van der Waals surface area contributed by atoms with Gasteiger partial charge in [0.25, 0.3) is 0 Å². The highest BCUT2D eigenvalue weighted by atomic mass is 35.9. The maximum absolute atomic E-state index is 8.88. The standard InChI is InChI=1S/C31H40Cl2N9O3P3S3/c1-7-20-31(3,38-39-34)44-29-16-10-25(11-17-29)22-36-41(5)47(50)45-30-18-12-26(13-19-30)21-35-40(4)46(49)24(2)43-28-14-8-27(9-15-28)23-37-42(6)48(32,33)51/h8-19,21-24,46-47H,7,20H2,1-6H3/b35-21+,36-22+,37-23+. The molecule has 0 aromatic heterocycles. The van der Waals surface area contributed by atoms with E-state index in [0.717, 1.165) is 23.1 Å². The minimum absolute atomic E-state index is 0.232. The van der Waals surface area contributed by atoms with E-state index < -0.39 is 24.5 Å². The molecule has 0 saturated heterocycles. The van der Waals surface area contributed by atoms with Crippen molar-refractivity contribution in [3.8, 4) is 17.2 Å². The van der Waals surface area contributed by atoms with Gasteiger partial charge in [-0.05, 0) is 166 Å². The van der Waals surface area contributed by atoms with E-state index in [1.807, 2.05) is 93.7 Å². The summed E-state index contributed by atoms with van der Waals surface area (Å²) in [4.78, 5) is 0.263. The van der Waals surface area contributed by atoms with Gasteiger partial charge in [0.15, 0.2) is 5.72 Å². The first-order valence-electron chi connectivity index (χ1n) is 15.4. The van der Waals surface area contributed by atoms with Gasteiger partial charge in [-0.1, -0.05) is 25.2 Å². The molecule has 3 aromatic carbocycles. The van der Waals surface area contributed by atoms with E-state index in [0.29, 0.717) is 23.7 Å². The van der Waals surface area contributed by atoms with E-state index in [9.17, 15) is 0 Å². The zero-order valence-corrected chi connectivity index (χ0v) is 35.7. The van der Waals surface area contributed by atoms with Crippen molar-refractivity contribution in [3.05, 3.63) is 99.9 Å². The number of halogens is 2. The van der Waals surface area contributed by atoms with Crippen molar-refractivity contribution >= 4 is 95.4 Å². The van der Waals surface area contributed by atoms with Gasteiger partial charge in [-0.15, -0.1) is 0 Å². The van der Waals surface area contributed by atoms with Crippen LogP contribution in [0.5, 0.6) is 17.2 Å². The number of ether oxygens (including phenoxy) is 2.